The van der Waals surface area contributed by atoms with E-state index in [1.807, 2.05) is 30.5 Å². The van der Waals surface area contributed by atoms with Crippen LogP contribution in [-0.4, -0.2) is 28.3 Å². The normalized spacial score (nSPS) is 18.6. The first kappa shape index (κ1) is 16.7. The molecule has 0 radical (unpaired) electrons. The molecule has 1 fully saturated rings. The lowest BCUT2D eigenvalue weighted by Crippen LogP contribution is -2.41. The minimum atomic E-state index is -0.470. The number of aromatic nitrogens is 2. The summed E-state index contributed by atoms with van der Waals surface area (Å²) in [6.07, 6.45) is 1.84. The number of benzene rings is 2. The molecule has 0 amide bonds. The summed E-state index contributed by atoms with van der Waals surface area (Å²) in [7, 11) is -0.470. The van der Waals surface area contributed by atoms with Gasteiger partial charge >= 0.3 is 7.12 Å². The molecule has 5 heteroatoms. The summed E-state index contributed by atoms with van der Waals surface area (Å²) < 4.78 is 12.4. The van der Waals surface area contributed by atoms with Gasteiger partial charge in [-0.2, -0.15) is 0 Å². The highest BCUT2D eigenvalue weighted by molar-refractivity contribution is 6.61. The van der Waals surface area contributed by atoms with Crippen LogP contribution in [0.15, 0.2) is 54.7 Å². The monoisotopic (exact) mass is 356 g/mol. The third-order valence-corrected chi connectivity index (χ3v) is 5.95. The number of hydrogen-bond acceptors (Lipinski definition) is 4. The van der Waals surface area contributed by atoms with Gasteiger partial charge in [0.05, 0.1) is 27.8 Å². The molecule has 1 aliphatic heterocycles. The van der Waals surface area contributed by atoms with E-state index < -0.39 is 7.12 Å². The summed E-state index contributed by atoms with van der Waals surface area (Å²) >= 11 is 0. The molecular formula is C22H21BN2O2. The minimum Gasteiger partial charge on any atom is -0.398 e. The van der Waals surface area contributed by atoms with Gasteiger partial charge in [0.15, 0.2) is 0 Å². The van der Waals surface area contributed by atoms with E-state index in [2.05, 4.69) is 56.9 Å². The van der Waals surface area contributed by atoms with Gasteiger partial charge in [-0.25, -0.2) is 0 Å². The molecule has 0 N–H and O–H groups in total. The Bertz CT molecular complexity index is 1150. The van der Waals surface area contributed by atoms with Crippen molar-refractivity contribution in [3.05, 3.63) is 54.7 Å². The van der Waals surface area contributed by atoms with E-state index in [4.69, 9.17) is 14.3 Å². The molecule has 5 rings (SSSR count). The predicted molar refractivity (Wildman–Crippen MR) is 110 cm³/mol. The molecule has 2 aromatic carbocycles. The zero-order valence-corrected chi connectivity index (χ0v) is 16.0. The molecule has 1 saturated heterocycles. The fourth-order valence-corrected chi connectivity index (χ4v) is 3.73. The van der Waals surface area contributed by atoms with Gasteiger partial charge in [0.2, 0.25) is 0 Å². The molecule has 0 unspecified atom stereocenters. The van der Waals surface area contributed by atoms with Crippen LogP contribution in [-0.2, 0) is 9.31 Å². The van der Waals surface area contributed by atoms with E-state index >= 15 is 0 Å². The number of rotatable bonds is 1. The highest BCUT2D eigenvalue weighted by Gasteiger charge is 2.52. The fourth-order valence-electron chi connectivity index (χ4n) is 3.73. The Hall–Kier alpha value is -2.50. The van der Waals surface area contributed by atoms with Crippen LogP contribution >= 0.6 is 0 Å². The standard InChI is InChI=1S/C22H21BN2O2/c1-21(2)22(3,4)27-23(26-21)18-12-11-17-15-10-7-13-24-19(15)14-8-5-6-9-16(14)20(17)25-18/h5-13H,1-4H3. The van der Waals surface area contributed by atoms with Crippen LogP contribution in [0.1, 0.15) is 27.7 Å². The van der Waals surface area contributed by atoms with Crippen molar-refractivity contribution in [2.24, 2.45) is 0 Å². The topological polar surface area (TPSA) is 44.2 Å². The molecule has 0 aliphatic carbocycles. The predicted octanol–water partition coefficient (Wildman–Crippen LogP) is 4.24. The van der Waals surface area contributed by atoms with Crippen LogP contribution in [0.2, 0.25) is 0 Å². The number of pyridine rings is 2. The zero-order chi connectivity index (χ0) is 18.8. The van der Waals surface area contributed by atoms with Crippen LogP contribution in [0.25, 0.3) is 32.6 Å². The van der Waals surface area contributed by atoms with E-state index in [-0.39, 0.29) is 11.2 Å². The van der Waals surface area contributed by atoms with E-state index in [1.165, 1.54) is 0 Å². The zero-order valence-electron chi connectivity index (χ0n) is 16.0. The largest absolute Gasteiger partial charge is 0.514 e. The molecule has 4 aromatic rings. The first-order valence-corrected chi connectivity index (χ1v) is 9.29. The first-order valence-electron chi connectivity index (χ1n) is 9.29. The quantitative estimate of drug-likeness (QED) is 0.378. The molecule has 0 bridgehead atoms. The van der Waals surface area contributed by atoms with Crippen molar-refractivity contribution in [3.63, 3.8) is 0 Å². The van der Waals surface area contributed by atoms with Gasteiger partial charge in [-0.3, -0.25) is 9.97 Å². The van der Waals surface area contributed by atoms with Gasteiger partial charge in [-0.05, 0) is 39.8 Å². The molecule has 27 heavy (non-hydrogen) atoms. The maximum atomic E-state index is 6.20. The number of hydrogen-bond donors (Lipinski definition) is 0. The van der Waals surface area contributed by atoms with Gasteiger partial charge in [0, 0.05) is 27.7 Å². The van der Waals surface area contributed by atoms with Gasteiger partial charge < -0.3 is 9.31 Å². The lowest BCUT2D eigenvalue weighted by atomic mass is 9.83. The Morgan fingerprint density at radius 1 is 0.704 bits per heavy atom. The second kappa shape index (κ2) is 5.50. The molecule has 0 saturated carbocycles. The number of fused-ring (bicyclic) bond motifs is 6. The van der Waals surface area contributed by atoms with Gasteiger partial charge in [0.1, 0.15) is 0 Å². The average Bonchev–Trinajstić information content (AvgIpc) is 2.89. The molecular weight excluding hydrogens is 335 g/mol. The minimum absolute atomic E-state index is 0.385. The van der Waals surface area contributed by atoms with Crippen molar-refractivity contribution < 1.29 is 9.31 Å². The van der Waals surface area contributed by atoms with E-state index in [0.29, 0.717) is 0 Å². The second-order valence-electron chi connectivity index (χ2n) is 8.17. The van der Waals surface area contributed by atoms with Crippen LogP contribution < -0.4 is 5.59 Å². The smallest absolute Gasteiger partial charge is 0.398 e. The Labute approximate surface area is 158 Å². The fraction of sp³-hybridized carbons (Fsp3) is 0.273. The summed E-state index contributed by atoms with van der Waals surface area (Å²) in [5.41, 5.74) is 1.99. The second-order valence-corrected chi connectivity index (χ2v) is 8.17. The summed E-state index contributed by atoms with van der Waals surface area (Å²) in [4.78, 5) is 9.61. The number of nitrogens with zero attached hydrogens (tertiary/aromatic N) is 2. The summed E-state index contributed by atoms with van der Waals surface area (Å²) in [5.74, 6) is 0. The Morgan fingerprint density at radius 2 is 1.26 bits per heavy atom. The van der Waals surface area contributed by atoms with Crippen molar-refractivity contribution in [2.45, 2.75) is 38.9 Å². The maximum Gasteiger partial charge on any atom is 0.514 e. The Balaban J connectivity index is 1.78. The van der Waals surface area contributed by atoms with Gasteiger partial charge in [-0.15, -0.1) is 0 Å². The van der Waals surface area contributed by atoms with E-state index in [1.54, 1.807) is 0 Å². The SMILES string of the molecule is CC1(C)OB(c2ccc3c4cccnc4c4ccccc4c3n2)OC1(C)C. The van der Waals surface area contributed by atoms with Gasteiger partial charge in [0.25, 0.3) is 0 Å². The van der Waals surface area contributed by atoms with E-state index in [0.717, 1.165) is 38.2 Å². The molecule has 3 heterocycles. The lowest BCUT2D eigenvalue weighted by molar-refractivity contribution is 0.00578. The highest BCUT2D eigenvalue weighted by Crippen LogP contribution is 2.37. The van der Waals surface area contributed by atoms with Crippen LogP contribution in [0, 0.1) is 0 Å². The van der Waals surface area contributed by atoms with Crippen LogP contribution in [0.5, 0.6) is 0 Å². The Kier molecular flexibility index (Phi) is 3.40. The highest BCUT2D eigenvalue weighted by atomic mass is 16.7. The molecule has 2 aromatic heterocycles. The third kappa shape index (κ3) is 2.39. The van der Waals surface area contributed by atoms with Crippen molar-refractivity contribution in [1.29, 1.82) is 0 Å². The Morgan fingerprint density at radius 3 is 1.93 bits per heavy atom. The molecule has 4 nitrogen and oxygen atoms in total. The molecule has 1 aliphatic rings. The molecule has 0 spiro atoms. The summed E-state index contributed by atoms with van der Waals surface area (Å²) in [6.45, 7) is 8.23. The van der Waals surface area contributed by atoms with Crippen LogP contribution in [0.4, 0.5) is 0 Å². The van der Waals surface area contributed by atoms with Gasteiger partial charge in [-0.1, -0.05) is 36.4 Å². The third-order valence-electron chi connectivity index (χ3n) is 5.95. The maximum absolute atomic E-state index is 6.20. The van der Waals surface area contributed by atoms with Crippen molar-refractivity contribution in [2.75, 3.05) is 0 Å². The molecule has 0 atom stereocenters. The van der Waals surface area contributed by atoms with Crippen molar-refractivity contribution >= 4 is 45.3 Å². The van der Waals surface area contributed by atoms with Crippen molar-refractivity contribution in [3.8, 4) is 0 Å². The average molecular weight is 356 g/mol. The van der Waals surface area contributed by atoms with Crippen molar-refractivity contribution in [1.82, 2.24) is 9.97 Å². The van der Waals surface area contributed by atoms with E-state index in [9.17, 15) is 0 Å². The first-order chi connectivity index (χ1) is 12.9. The summed E-state index contributed by atoms with van der Waals surface area (Å²) in [5, 5.41) is 4.41. The summed E-state index contributed by atoms with van der Waals surface area (Å²) in [6, 6.07) is 16.5. The van der Waals surface area contributed by atoms with Crippen LogP contribution in [0.3, 0.4) is 0 Å². The lowest BCUT2D eigenvalue weighted by Gasteiger charge is -2.32. The molecule has 134 valence electrons.